The number of furan rings is 1. The molecule has 3 N–H and O–H groups in total. The summed E-state index contributed by atoms with van der Waals surface area (Å²) >= 11 is 8.95. The molecule has 9 heteroatoms. The number of amides is 3. The van der Waals surface area contributed by atoms with Crippen molar-refractivity contribution in [3.8, 4) is 0 Å². The molecule has 0 bridgehead atoms. The van der Waals surface area contributed by atoms with Crippen LogP contribution in [0.5, 0.6) is 0 Å². The van der Waals surface area contributed by atoms with Crippen LogP contribution < -0.4 is 16.2 Å². The Morgan fingerprint density at radius 1 is 0.800 bits per heavy atom. The monoisotopic (exact) mass is 489 g/mol. The van der Waals surface area contributed by atoms with Crippen LogP contribution in [0.1, 0.15) is 21.7 Å². The molecule has 1 heterocycles. The van der Waals surface area contributed by atoms with Gasteiger partial charge in [-0.25, -0.2) is 0 Å². The summed E-state index contributed by atoms with van der Waals surface area (Å²) < 4.78 is 5.66. The van der Waals surface area contributed by atoms with E-state index in [9.17, 15) is 14.4 Å². The van der Waals surface area contributed by atoms with Crippen molar-refractivity contribution >= 4 is 50.9 Å². The van der Waals surface area contributed by atoms with E-state index in [4.69, 9.17) is 16.0 Å². The van der Waals surface area contributed by atoms with Crippen molar-refractivity contribution < 1.29 is 18.8 Å². The van der Waals surface area contributed by atoms with Crippen LogP contribution in [0.3, 0.4) is 0 Å². The highest BCUT2D eigenvalue weighted by Crippen LogP contribution is 2.16. The van der Waals surface area contributed by atoms with Crippen molar-refractivity contribution in [2.75, 3.05) is 5.32 Å². The number of hydrogen-bond acceptors (Lipinski definition) is 4. The number of nitrogens with one attached hydrogen (secondary N) is 3. The Kier molecular flexibility index (Phi) is 7.26. The Hall–Kier alpha value is -3.10. The van der Waals surface area contributed by atoms with Gasteiger partial charge in [-0.1, -0.05) is 35.9 Å². The maximum absolute atomic E-state index is 12.1. The molecule has 0 aliphatic carbocycles. The summed E-state index contributed by atoms with van der Waals surface area (Å²) in [6, 6.07) is 16.8. The summed E-state index contributed by atoms with van der Waals surface area (Å²) in [4.78, 5) is 36.0. The lowest BCUT2D eigenvalue weighted by atomic mass is 10.1. The summed E-state index contributed by atoms with van der Waals surface area (Å²) in [5.41, 5.74) is 6.83. The number of hydrogen-bond donors (Lipinski definition) is 3. The van der Waals surface area contributed by atoms with E-state index in [2.05, 4.69) is 32.1 Å². The first-order valence-corrected chi connectivity index (χ1v) is 10.0. The average Bonchev–Trinajstić information content (AvgIpc) is 3.16. The summed E-state index contributed by atoms with van der Waals surface area (Å²) in [6.45, 7) is 0. The molecule has 154 valence electrons. The first kappa shape index (κ1) is 21.6. The largest absolute Gasteiger partial charge is 0.444 e. The molecule has 0 atom stereocenters. The van der Waals surface area contributed by atoms with E-state index in [-0.39, 0.29) is 36.3 Å². The summed E-state index contributed by atoms with van der Waals surface area (Å²) in [7, 11) is 0. The third-order valence-electron chi connectivity index (χ3n) is 3.99. The fourth-order valence-electron chi connectivity index (χ4n) is 2.54. The van der Waals surface area contributed by atoms with E-state index in [1.807, 2.05) is 0 Å². The zero-order valence-electron chi connectivity index (χ0n) is 15.6. The third kappa shape index (κ3) is 6.47. The van der Waals surface area contributed by atoms with Crippen molar-refractivity contribution in [1.82, 2.24) is 10.9 Å². The lowest BCUT2D eigenvalue weighted by Gasteiger charge is -2.08. The molecule has 0 aliphatic rings. The number of carbonyl (C=O) groups excluding carboxylic acids is 3. The van der Waals surface area contributed by atoms with Gasteiger partial charge in [0.15, 0.2) is 10.4 Å². The Morgan fingerprint density at radius 3 is 1.83 bits per heavy atom. The van der Waals surface area contributed by atoms with E-state index in [1.54, 1.807) is 60.7 Å². The number of anilines is 1. The summed E-state index contributed by atoms with van der Waals surface area (Å²) in [6.07, 6.45) is 0.193. The Bertz CT molecular complexity index is 1050. The summed E-state index contributed by atoms with van der Waals surface area (Å²) in [5.74, 6) is -0.903. The van der Waals surface area contributed by atoms with Gasteiger partial charge in [0.2, 0.25) is 11.8 Å². The van der Waals surface area contributed by atoms with Crippen LogP contribution in [0.15, 0.2) is 69.8 Å². The molecular weight excluding hydrogens is 474 g/mol. The standard InChI is InChI=1S/C21H17BrClN3O4/c22-18-10-9-17(30-18)21(29)24-16-7-3-14(4-8-16)12-20(28)26-25-19(27)11-13-1-5-15(23)6-2-13/h1-10H,11-12H2,(H,24,29)(H,25,27)(H,26,28). The van der Waals surface area contributed by atoms with Gasteiger partial charge in [0.25, 0.3) is 5.91 Å². The molecular formula is C21H17BrClN3O4. The van der Waals surface area contributed by atoms with Crippen LogP contribution in [0.25, 0.3) is 0 Å². The minimum Gasteiger partial charge on any atom is -0.444 e. The van der Waals surface area contributed by atoms with Crippen LogP contribution in [0.2, 0.25) is 5.02 Å². The molecule has 3 aromatic rings. The fourth-order valence-corrected chi connectivity index (χ4v) is 2.97. The third-order valence-corrected chi connectivity index (χ3v) is 4.67. The highest BCUT2D eigenvalue weighted by molar-refractivity contribution is 9.10. The lowest BCUT2D eigenvalue weighted by Crippen LogP contribution is -2.43. The predicted octanol–water partition coefficient (Wildman–Crippen LogP) is 3.88. The normalized spacial score (nSPS) is 10.3. The van der Waals surface area contributed by atoms with Gasteiger partial charge in [-0.2, -0.15) is 0 Å². The number of halogens is 2. The number of carbonyl (C=O) groups is 3. The zero-order chi connectivity index (χ0) is 21.5. The molecule has 30 heavy (non-hydrogen) atoms. The quantitative estimate of drug-likeness (QED) is 0.457. The fraction of sp³-hybridized carbons (Fsp3) is 0.0952. The van der Waals surface area contributed by atoms with Gasteiger partial charge in [0, 0.05) is 10.7 Å². The number of rotatable bonds is 6. The Morgan fingerprint density at radius 2 is 1.33 bits per heavy atom. The van der Waals surface area contributed by atoms with Gasteiger partial charge in [0.1, 0.15) is 0 Å². The van der Waals surface area contributed by atoms with Gasteiger partial charge in [-0.15, -0.1) is 0 Å². The topological polar surface area (TPSA) is 100 Å². The molecule has 0 spiro atoms. The van der Waals surface area contributed by atoms with E-state index in [1.165, 1.54) is 0 Å². The average molecular weight is 491 g/mol. The van der Waals surface area contributed by atoms with Gasteiger partial charge < -0.3 is 9.73 Å². The van der Waals surface area contributed by atoms with Crippen LogP contribution in [0, 0.1) is 0 Å². The maximum atomic E-state index is 12.1. The second kappa shape index (κ2) is 10.1. The van der Waals surface area contributed by atoms with Crippen molar-refractivity contribution in [1.29, 1.82) is 0 Å². The van der Waals surface area contributed by atoms with Crippen molar-refractivity contribution in [2.24, 2.45) is 0 Å². The van der Waals surface area contributed by atoms with E-state index >= 15 is 0 Å². The van der Waals surface area contributed by atoms with Gasteiger partial charge in [-0.05, 0) is 63.5 Å². The molecule has 1 aromatic heterocycles. The lowest BCUT2D eigenvalue weighted by molar-refractivity contribution is -0.128. The molecule has 3 rings (SSSR count). The number of hydrazine groups is 1. The molecule has 0 saturated heterocycles. The first-order chi connectivity index (χ1) is 14.4. The van der Waals surface area contributed by atoms with E-state index in [0.717, 1.165) is 11.1 Å². The zero-order valence-corrected chi connectivity index (χ0v) is 17.9. The van der Waals surface area contributed by atoms with E-state index in [0.29, 0.717) is 15.4 Å². The Balaban J connectivity index is 1.44. The molecule has 3 amide bonds. The molecule has 7 nitrogen and oxygen atoms in total. The smallest absolute Gasteiger partial charge is 0.291 e. The van der Waals surface area contributed by atoms with Crippen LogP contribution in [0.4, 0.5) is 5.69 Å². The minimum absolute atomic E-state index is 0.0700. The Labute approximate surface area is 185 Å². The number of benzene rings is 2. The molecule has 0 fully saturated rings. The molecule has 0 radical (unpaired) electrons. The second-order valence-corrected chi connectivity index (χ2v) is 7.55. The SMILES string of the molecule is O=C(Cc1ccc(Cl)cc1)NNC(=O)Cc1ccc(NC(=O)c2ccc(Br)o2)cc1. The highest BCUT2D eigenvalue weighted by Gasteiger charge is 2.11. The first-order valence-electron chi connectivity index (χ1n) is 8.87. The van der Waals surface area contributed by atoms with Gasteiger partial charge >= 0.3 is 0 Å². The predicted molar refractivity (Wildman–Crippen MR) is 116 cm³/mol. The van der Waals surface area contributed by atoms with Crippen LogP contribution in [-0.4, -0.2) is 17.7 Å². The van der Waals surface area contributed by atoms with Crippen LogP contribution >= 0.6 is 27.5 Å². The molecule has 0 unspecified atom stereocenters. The summed E-state index contributed by atoms with van der Waals surface area (Å²) in [5, 5.41) is 3.29. The van der Waals surface area contributed by atoms with Crippen molar-refractivity contribution in [2.45, 2.75) is 12.8 Å². The van der Waals surface area contributed by atoms with Gasteiger partial charge in [0.05, 0.1) is 12.8 Å². The van der Waals surface area contributed by atoms with Crippen molar-refractivity contribution in [3.63, 3.8) is 0 Å². The van der Waals surface area contributed by atoms with Gasteiger partial charge in [-0.3, -0.25) is 25.2 Å². The molecule has 2 aromatic carbocycles. The minimum atomic E-state index is -0.380. The second-order valence-electron chi connectivity index (χ2n) is 6.33. The van der Waals surface area contributed by atoms with Crippen molar-refractivity contribution in [3.05, 3.63) is 87.2 Å². The highest BCUT2D eigenvalue weighted by atomic mass is 79.9. The van der Waals surface area contributed by atoms with Crippen LogP contribution in [-0.2, 0) is 22.4 Å². The molecule has 0 aliphatic heterocycles. The molecule has 0 saturated carbocycles. The maximum Gasteiger partial charge on any atom is 0.291 e. The van der Waals surface area contributed by atoms with E-state index < -0.39 is 0 Å².